The fourth-order valence-electron chi connectivity index (χ4n) is 3.15. The molecule has 4 aromatic rings. The molecule has 0 aliphatic carbocycles. The van der Waals surface area contributed by atoms with E-state index < -0.39 is 0 Å². The molecule has 1 N–H and O–H groups in total. The summed E-state index contributed by atoms with van der Waals surface area (Å²) in [6.45, 7) is 2.64. The third-order valence-corrected chi connectivity index (χ3v) is 5.02. The van der Waals surface area contributed by atoms with E-state index >= 15 is 0 Å². The first-order valence-electron chi connectivity index (χ1n) is 9.80. The summed E-state index contributed by atoms with van der Waals surface area (Å²) >= 11 is 6.07. The van der Waals surface area contributed by atoms with Gasteiger partial charge in [-0.1, -0.05) is 48.0 Å². The van der Waals surface area contributed by atoms with Crippen LogP contribution in [0, 0.1) is 6.92 Å². The van der Waals surface area contributed by atoms with Crippen molar-refractivity contribution in [2.75, 3.05) is 0 Å². The van der Waals surface area contributed by atoms with Crippen molar-refractivity contribution in [1.29, 1.82) is 0 Å². The lowest BCUT2D eigenvalue weighted by atomic mass is 10.2. The third kappa shape index (κ3) is 5.10. The van der Waals surface area contributed by atoms with E-state index in [1.807, 2.05) is 61.5 Å². The van der Waals surface area contributed by atoms with Crippen molar-refractivity contribution in [2.24, 2.45) is 0 Å². The second-order valence-electron chi connectivity index (χ2n) is 6.99. The van der Waals surface area contributed by atoms with Gasteiger partial charge in [0.25, 0.3) is 5.91 Å². The minimum Gasteiger partial charge on any atom is -0.473 e. The van der Waals surface area contributed by atoms with Crippen LogP contribution in [0.3, 0.4) is 0 Å². The van der Waals surface area contributed by atoms with Gasteiger partial charge in [0.2, 0.25) is 5.88 Å². The maximum atomic E-state index is 12.7. The molecule has 0 bridgehead atoms. The molecular formula is C24H21ClN4O2. The number of benzene rings is 2. The number of carbonyl (C=O) groups is 1. The molecule has 156 valence electrons. The van der Waals surface area contributed by atoms with E-state index in [0.29, 0.717) is 29.6 Å². The van der Waals surface area contributed by atoms with E-state index in [1.54, 1.807) is 29.2 Å². The number of hydrogen-bond donors (Lipinski definition) is 1. The topological polar surface area (TPSA) is 69.0 Å². The Bertz CT molecular complexity index is 1190. The fraction of sp³-hybridized carbons (Fsp3) is 0.125. The van der Waals surface area contributed by atoms with E-state index in [0.717, 1.165) is 22.5 Å². The normalized spacial score (nSPS) is 10.6. The Kier molecular flexibility index (Phi) is 6.29. The number of amides is 1. The highest BCUT2D eigenvalue weighted by Crippen LogP contribution is 2.18. The molecule has 2 heterocycles. The number of pyridine rings is 1. The van der Waals surface area contributed by atoms with Crippen molar-refractivity contribution < 1.29 is 9.53 Å². The maximum absolute atomic E-state index is 12.7. The quantitative estimate of drug-likeness (QED) is 0.458. The summed E-state index contributed by atoms with van der Waals surface area (Å²) in [5, 5.41) is 7.88. The number of aromatic nitrogens is 3. The highest BCUT2D eigenvalue weighted by molar-refractivity contribution is 6.30. The molecule has 0 spiro atoms. The third-order valence-electron chi connectivity index (χ3n) is 4.79. The molecule has 0 atom stereocenters. The number of nitrogens with one attached hydrogen (secondary N) is 1. The summed E-state index contributed by atoms with van der Waals surface area (Å²) in [6.07, 6.45) is 3.23. The van der Waals surface area contributed by atoms with Gasteiger partial charge in [-0.15, -0.1) is 0 Å². The van der Waals surface area contributed by atoms with Gasteiger partial charge in [0.05, 0.1) is 23.1 Å². The smallest absolute Gasteiger partial charge is 0.255 e. The molecule has 0 fully saturated rings. The van der Waals surface area contributed by atoms with Crippen molar-refractivity contribution in [2.45, 2.75) is 20.1 Å². The Balaban J connectivity index is 1.39. The predicted octanol–water partition coefficient (Wildman–Crippen LogP) is 4.74. The Hall–Kier alpha value is -3.64. The Morgan fingerprint density at radius 2 is 1.90 bits per heavy atom. The molecule has 31 heavy (non-hydrogen) atoms. The van der Waals surface area contributed by atoms with Crippen molar-refractivity contribution >= 4 is 17.5 Å². The van der Waals surface area contributed by atoms with Crippen LogP contribution in [0.5, 0.6) is 5.88 Å². The van der Waals surface area contributed by atoms with Gasteiger partial charge in [-0.3, -0.25) is 4.79 Å². The largest absolute Gasteiger partial charge is 0.473 e. The maximum Gasteiger partial charge on any atom is 0.255 e. The van der Waals surface area contributed by atoms with Gasteiger partial charge in [-0.05, 0) is 42.3 Å². The van der Waals surface area contributed by atoms with Crippen LogP contribution in [-0.2, 0) is 13.2 Å². The molecule has 1 amide bonds. The Labute approximate surface area is 185 Å². The molecule has 0 aliphatic heterocycles. The van der Waals surface area contributed by atoms with Gasteiger partial charge in [-0.2, -0.15) is 5.10 Å². The number of carbonyl (C=O) groups excluding carboxylic acids is 1. The minimum atomic E-state index is -0.200. The van der Waals surface area contributed by atoms with Crippen LogP contribution in [0.15, 0.2) is 79.1 Å². The first-order valence-corrected chi connectivity index (χ1v) is 10.2. The second-order valence-corrected chi connectivity index (χ2v) is 7.43. The lowest BCUT2D eigenvalue weighted by Gasteiger charge is -2.09. The molecule has 0 radical (unpaired) electrons. The highest BCUT2D eigenvalue weighted by atomic mass is 35.5. The van der Waals surface area contributed by atoms with Gasteiger partial charge >= 0.3 is 0 Å². The van der Waals surface area contributed by atoms with Crippen molar-refractivity contribution in [3.05, 3.63) is 107 Å². The molecule has 6 nitrogen and oxygen atoms in total. The molecular weight excluding hydrogens is 412 g/mol. The predicted molar refractivity (Wildman–Crippen MR) is 119 cm³/mol. The molecule has 0 saturated carbocycles. The van der Waals surface area contributed by atoms with Crippen LogP contribution in [-0.4, -0.2) is 20.7 Å². The molecule has 0 aliphatic rings. The van der Waals surface area contributed by atoms with Gasteiger partial charge < -0.3 is 10.1 Å². The van der Waals surface area contributed by atoms with Gasteiger partial charge in [-0.25, -0.2) is 9.67 Å². The van der Waals surface area contributed by atoms with Crippen LogP contribution in [0.2, 0.25) is 5.02 Å². The van der Waals surface area contributed by atoms with E-state index in [4.69, 9.17) is 16.3 Å². The average Bonchev–Trinajstić information content (AvgIpc) is 3.18. The number of hydrogen-bond acceptors (Lipinski definition) is 4. The Morgan fingerprint density at radius 1 is 1.06 bits per heavy atom. The van der Waals surface area contributed by atoms with Gasteiger partial charge in [0.15, 0.2) is 0 Å². The van der Waals surface area contributed by atoms with Crippen molar-refractivity contribution in [3.63, 3.8) is 0 Å². The average molecular weight is 433 g/mol. The van der Waals surface area contributed by atoms with Crippen LogP contribution >= 0.6 is 11.6 Å². The van der Waals surface area contributed by atoms with E-state index in [2.05, 4.69) is 15.4 Å². The van der Waals surface area contributed by atoms with Gasteiger partial charge in [0, 0.05) is 23.8 Å². The first-order chi connectivity index (χ1) is 15.1. The summed E-state index contributed by atoms with van der Waals surface area (Å²) in [5.74, 6) is 0.315. The van der Waals surface area contributed by atoms with Crippen molar-refractivity contribution in [1.82, 2.24) is 20.1 Å². The lowest BCUT2D eigenvalue weighted by Crippen LogP contribution is -2.23. The monoisotopic (exact) mass is 432 g/mol. The summed E-state index contributed by atoms with van der Waals surface area (Å²) in [5.41, 5.74) is 4.01. The zero-order chi connectivity index (χ0) is 21.6. The minimum absolute atomic E-state index is 0.200. The van der Waals surface area contributed by atoms with Crippen LogP contribution in [0.4, 0.5) is 0 Å². The lowest BCUT2D eigenvalue weighted by molar-refractivity contribution is 0.0950. The Morgan fingerprint density at radius 3 is 2.71 bits per heavy atom. The molecule has 2 aromatic carbocycles. The first kappa shape index (κ1) is 20.6. The van der Waals surface area contributed by atoms with E-state index in [1.165, 1.54) is 0 Å². The summed E-state index contributed by atoms with van der Waals surface area (Å²) < 4.78 is 7.45. The SMILES string of the molecule is Cc1c(C(=O)NCc2ccnc(OCc3ccccc3)c2)cnn1-c1cccc(Cl)c1. The van der Waals surface area contributed by atoms with Crippen LogP contribution in [0.1, 0.15) is 27.2 Å². The second kappa shape index (κ2) is 9.45. The standard InChI is InChI=1S/C24H21ClN4O2/c1-17-22(15-28-29(17)21-9-5-8-20(25)13-21)24(30)27-14-19-10-11-26-23(12-19)31-16-18-6-3-2-4-7-18/h2-13,15H,14,16H2,1H3,(H,27,30). The number of nitrogens with zero attached hydrogens (tertiary/aromatic N) is 3. The zero-order valence-corrected chi connectivity index (χ0v) is 17.7. The number of rotatable bonds is 7. The molecule has 4 rings (SSSR count). The molecule has 0 saturated heterocycles. The number of halogens is 1. The summed E-state index contributed by atoms with van der Waals surface area (Å²) in [7, 11) is 0. The molecule has 0 unspecified atom stereocenters. The van der Waals surface area contributed by atoms with E-state index in [-0.39, 0.29) is 5.91 Å². The van der Waals surface area contributed by atoms with Gasteiger partial charge in [0.1, 0.15) is 6.61 Å². The number of ether oxygens (including phenoxy) is 1. The summed E-state index contributed by atoms with van der Waals surface area (Å²) in [6, 6.07) is 20.9. The van der Waals surface area contributed by atoms with E-state index in [9.17, 15) is 4.79 Å². The molecule has 2 aromatic heterocycles. The molecule has 7 heteroatoms. The fourth-order valence-corrected chi connectivity index (χ4v) is 3.33. The summed E-state index contributed by atoms with van der Waals surface area (Å²) in [4.78, 5) is 16.9. The van der Waals surface area contributed by atoms with Crippen LogP contribution in [0.25, 0.3) is 5.69 Å². The zero-order valence-electron chi connectivity index (χ0n) is 17.0. The van der Waals surface area contributed by atoms with Crippen molar-refractivity contribution in [3.8, 4) is 11.6 Å². The van der Waals surface area contributed by atoms with Crippen LogP contribution < -0.4 is 10.1 Å². The highest BCUT2D eigenvalue weighted by Gasteiger charge is 2.15.